The van der Waals surface area contributed by atoms with Crippen molar-refractivity contribution in [3.8, 4) is 0 Å². The highest BCUT2D eigenvalue weighted by molar-refractivity contribution is 5.90. The van der Waals surface area contributed by atoms with Crippen LogP contribution in [0.1, 0.15) is 24.5 Å². The average Bonchev–Trinajstić information content (AvgIpc) is 2.64. The lowest BCUT2D eigenvalue weighted by Gasteiger charge is -2.07. The van der Waals surface area contributed by atoms with Gasteiger partial charge in [-0.3, -0.25) is 9.89 Å². The van der Waals surface area contributed by atoms with E-state index in [1.54, 1.807) is 0 Å². The van der Waals surface area contributed by atoms with E-state index in [0.717, 1.165) is 0 Å². The average molecular weight is 198 g/mol. The first-order chi connectivity index (χ1) is 6.70. The number of rotatable bonds is 5. The summed E-state index contributed by atoms with van der Waals surface area (Å²) in [5.74, 6) is -0.0515. The van der Waals surface area contributed by atoms with E-state index < -0.39 is 0 Å². The smallest absolute Gasteiger partial charge is 0.288 e. The number of ether oxygens (including phenoxy) is 1. The molecule has 0 aromatic carbocycles. The number of aromatic amines is 1. The van der Waals surface area contributed by atoms with Gasteiger partial charge in [0.25, 0.3) is 5.91 Å². The second-order valence-corrected chi connectivity index (χ2v) is 3.01. The number of nitrogens with zero attached hydrogens (tertiary/aromatic N) is 2. The number of H-pyrrole nitrogens is 1. The number of nitrogens with one attached hydrogen (secondary N) is 2. The Labute approximate surface area is 82.1 Å². The number of aromatic nitrogens is 3. The summed E-state index contributed by atoms with van der Waals surface area (Å²) in [7, 11) is 0. The molecule has 0 radical (unpaired) electrons. The van der Waals surface area contributed by atoms with Gasteiger partial charge in [0.1, 0.15) is 6.33 Å². The minimum absolute atomic E-state index is 0.178. The Bertz CT molecular complexity index is 271. The number of hydrogen-bond donors (Lipinski definition) is 2. The quantitative estimate of drug-likeness (QED) is 0.650. The van der Waals surface area contributed by atoms with E-state index in [9.17, 15) is 4.79 Å². The van der Waals surface area contributed by atoms with Gasteiger partial charge in [-0.15, -0.1) is 0 Å². The van der Waals surface area contributed by atoms with Crippen LogP contribution in [-0.2, 0) is 4.74 Å². The second-order valence-electron chi connectivity index (χ2n) is 3.01. The normalized spacial score (nSPS) is 10.5. The van der Waals surface area contributed by atoms with E-state index in [1.807, 2.05) is 13.8 Å². The Hall–Kier alpha value is -1.43. The van der Waals surface area contributed by atoms with E-state index in [-0.39, 0.29) is 17.8 Å². The third-order valence-corrected chi connectivity index (χ3v) is 1.47. The Kier molecular flexibility index (Phi) is 4.06. The third-order valence-electron chi connectivity index (χ3n) is 1.47. The van der Waals surface area contributed by atoms with Gasteiger partial charge in [-0.25, -0.2) is 4.98 Å². The van der Waals surface area contributed by atoms with Crippen LogP contribution in [0.5, 0.6) is 0 Å². The molecule has 6 heteroatoms. The Morgan fingerprint density at radius 2 is 2.50 bits per heavy atom. The molecule has 1 rings (SSSR count). The Morgan fingerprint density at radius 1 is 1.71 bits per heavy atom. The molecule has 0 spiro atoms. The van der Waals surface area contributed by atoms with Crippen molar-refractivity contribution in [1.29, 1.82) is 0 Å². The van der Waals surface area contributed by atoms with Gasteiger partial charge < -0.3 is 10.1 Å². The first kappa shape index (κ1) is 10.6. The van der Waals surface area contributed by atoms with Gasteiger partial charge >= 0.3 is 0 Å². The largest absolute Gasteiger partial charge is 0.377 e. The molecular weight excluding hydrogens is 184 g/mol. The van der Waals surface area contributed by atoms with Gasteiger partial charge in [0.2, 0.25) is 5.82 Å². The maximum absolute atomic E-state index is 11.3. The molecule has 2 N–H and O–H groups in total. The van der Waals surface area contributed by atoms with Crippen molar-refractivity contribution in [3.63, 3.8) is 0 Å². The minimum Gasteiger partial charge on any atom is -0.377 e. The van der Waals surface area contributed by atoms with Crippen LogP contribution in [0.25, 0.3) is 0 Å². The van der Waals surface area contributed by atoms with E-state index in [2.05, 4.69) is 20.5 Å². The Balaban J connectivity index is 2.16. The standard InChI is InChI=1S/C8H14N4O2/c1-6(2)14-4-3-9-8(13)7-10-5-11-12-7/h5-6H,3-4H2,1-2H3,(H,9,13)(H,10,11,12). The van der Waals surface area contributed by atoms with Crippen molar-refractivity contribution in [1.82, 2.24) is 20.5 Å². The van der Waals surface area contributed by atoms with Crippen molar-refractivity contribution in [3.05, 3.63) is 12.2 Å². The number of amides is 1. The molecule has 0 bridgehead atoms. The lowest BCUT2D eigenvalue weighted by atomic mass is 10.5. The molecule has 0 aliphatic carbocycles. The Morgan fingerprint density at radius 3 is 3.07 bits per heavy atom. The lowest BCUT2D eigenvalue weighted by Crippen LogP contribution is -2.28. The monoisotopic (exact) mass is 198 g/mol. The van der Waals surface area contributed by atoms with E-state index >= 15 is 0 Å². The van der Waals surface area contributed by atoms with Crippen LogP contribution in [0.15, 0.2) is 6.33 Å². The topological polar surface area (TPSA) is 79.9 Å². The summed E-state index contributed by atoms with van der Waals surface area (Å²) in [5, 5.41) is 8.69. The van der Waals surface area contributed by atoms with Gasteiger partial charge in [0.05, 0.1) is 12.7 Å². The summed E-state index contributed by atoms with van der Waals surface area (Å²) in [4.78, 5) is 15.0. The van der Waals surface area contributed by atoms with Gasteiger partial charge in [0, 0.05) is 6.54 Å². The van der Waals surface area contributed by atoms with E-state index in [4.69, 9.17) is 4.74 Å². The summed E-state index contributed by atoms with van der Waals surface area (Å²) >= 11 is 0. The predicted molar refractivity (Wildman–Crippen MR) is 49.8 cm³/mol. The van der Waals surface area contributed by atoms with Crippen LogP contribution in [0.3, 0.4) is 0 Å². The van der Waals surface area contributed by atoms with Crippen LogP contribution >= 0.6 is 0 Å². The van der Waals surface area contributed by atoms with E-state index in [1.165, 1.54) is 6.33 Å². The molecule has 1 aromatic rings. The van der Waals surface area contributed by atoms with Crippen LogP contribution in [0.4, 0.5) is 0 Å². The molecule has 6 nitrogen and oxygen atoms in total. The highest BCUT2D eigenvalue weighted by atomic mass is 16.5. The van der Waals surface area contributed by atoms with Crippen molar-refractivity contribution in [2.45, 2.75) is 20.0 Å². The van der Waals surface area contributed by atoms with Crippen molar-refractivity contribution < 1.29 is 9.53 Å². The molecule has 0 aliphatic rings. The summed E-state index contributed by atoms with van der Waals surface area (Å²) in [6.45, 7) is 4.85. The summed E-state index contributed by atoms with van der Waals surface area (Å²) in [6, 6.07) is 0. The second kappa shape index (κ2) is 5.33. The van der Waals surface area contributed by atoms with Gasteiger partial charge in [-0.05, 0) is 13.8 Å². The molecule has 0 fully saturated rings. The SMILES string of the molecule is CC(C)OCCNC(=O)c1ncn[nH]1. The fourth-order valence-electron chi connectivity index (χ4n) is 0.858. The molecule has 1 amide bonds. The van der Waals surface area contributed by atoms with Crippen LogP contribution in [-0.4, -0.2) is 40.3 Å². The van der Waals surface area contributed by atoms with E-state index in [0.29, 0.717) is 13.2 Å². The maximum Gasteiger partial charge on any atom is 0.288 e. The predicted octanol–water partition coefficient (Wildman–Crippen LogP) is -0.0405. The molecular formula is C8H14N4O2. The molecule has 78 valence electrons. The minimum atomic E-state index is -0.269. The van der Waals surface area contributed by atoms with Crippen LogP contribution < -0.4 is 5.32 Å². The lowest BCUT2D eigenvalue weighted by molar-refractivity contribution is 0.0743. The van der Waals surface area contributed by atoms with Gasteiger partial charge in [-0.2, -0.15) is 5.10 Å². The fraction of sp³-hybridized carbons (Fsp3) is 0.625. The molecule has 1 heterocycles. The first-order valence-corrected chi connectivity index (χ1v) is 4.45. The third kappa shape index (κ3) is 3.53. The number of carbonyl (C=O) groups excluding carboxylic acids is 1. The van der Waals surface area contributed by atoms with Crippen LogP contribution in [0, 0.1) is 0 Å². The van der Waals surface area contributed by atoms with Crippen molar-refractivity contribution in [2.75, 3.05) is 13.2 Å². The van der Waals surface area contributed by atoms with Crippen LogP contribution in [0.2, 0.25) is 0 Å². The maximum atomic E-state index is 11.3. The summed E-state index contributed by atoms with van der Waals surface area (Å²) < 4.78 is 5.25. The molecule has 0 aliphatic heterocycles. The zero-order valence-electron chi connectivity index (χ0n) is 8.28. The van der Waals surface area contributed by atoms with Gasteiger partial charge in [-0.1, -0.05) is 0 Å². The molecule has 1 aromatic heterocycles. The summed E-state index contributed by atoms with van der Waals surface area (Å²) in [6.07, 6.45) is 1.47. The first-order valence-electron chi connectivity index (χ1n) is 4.45. The molecule has 0 atom stereocenters. The molecule has 0 saturated carbocycles. The van der Waals surface area contributed by atoms with Gasteiger partial charge in [0.15, 0.2) is 0 Å². The zero-order valence-corrected chi connectivity index (χ0v) is 8.28. The number of hydrogen-bond acceptors (Lipinski definition) is 4. The zero-order chi connectivity index (χ0) is 10.4. The highest BCUT2D eigenvalue weighted by Crippen LogP contribution is 1.87. The summed E-state index contributed by atoms with van der Waals surface area (Å²) in [5.41, 5.74) is 0. The van der Waals surface area contributed by atoms with Crippen molar-refractivity contribution in [2.24, 2.45) is 0 Å². The van der Waals surface area contributed by atoms with Crippen molar-refractivity contribution >= 4 is 5.91 Å². The molecule has 0 unspecified atom stereocenters. The number of carbonyl (C=O) groups is 1. The highest BCUT2D eigenvalue weighted by Gasteiger charge is 2.06. The molecule has 0 saturated heterocycles. The molecule has 14 heavy (non-hydrogen) atoms. The fourth-order valence-corrected chi connectivity index (χ4v) is 0.858.